The molecule has 21 heavy (non-hydrogen) atoms. The number of nitrogens with zero attached hydrogens (tertiary/aromatic N) is 2. The summed E-state index contributed by atoms with van der Waals surface area (Å²) in [6.07, 6.45) is 1.80. The molecule has 2 rings (SSSR count). The van der Waals surface area contributed by atoms with E-state index < -0.39 is 10.0 Å². The van der Waals surface area contributed by atoms with Crippen LogP contribution in [0.2, 0.25) is 0 Å². The minimum Gasteiger partial charge on any atom is -0.396 e. The quantitative estimate of drug-likeness (QED) is 0.819. The van der Waals surface area contributed by atoms with Crippen LogP contribution in [0.5, 0.6) is 0 Å². The van der Waals surface area contributed by atoms with Gasteiger partial charge in [-0.1, -0.05) is 6.07 Å². The van der Waals surface area contributed by atoms with E-state index in [1.54, 1.807) is 29.7 Å². The normalized spacial score (nSPS) is 11.8. The predicted octanol–water partition coefficient (Wildman–Crippen LogP) is 1.90. The van der Waals surface area contributed by atoms with E-state index in [1.807, 2.05) is 6.92 Å². The van der Waals surface area contributed by atoms with E-state index in [1.165, 1.54) is 20.2 Å². The van der Waals surface area contributed by atoms with Crippen LogP contribution in [0.1, 0.15) is 9.88 Å². The van der Waals surface area contributed by atoms with Crippen LogP contribution in [0.15, 0.2) is 29.3 Å². The first-order valence-electron chi connectivity index (χ1n) is 6.28. The highest BCUT2D eigenvalue weighted by atomic mass is 32.2. The largest absolute Gasteiger partial charge is 0.396 e. The monoisotopic (exact) mass is 326 g/mol. The van der Waals surface area contributed by atoms with Crippen LogP contribution in [0, 0.1) is 6.92 Å². The second kappa shape index (κ2) is 6.00. The summed E-state index contributed by atoms with van der Waals surface area (Å²) in [7, 11) is -0.595. The van der Waals surface area contributed by atoms with Crippen molar-refractivity contribution in [2.45, 2.75) is 18.4 Å². The number of nitrogens with two attached hydrogens (primary N) is 1. The molecule has 0 unspecified atom stereocenters. The number of aromatic nitrogens is 1. The van der Waals surface area contributed by atoms with Crippen molar-refractivity contribution in [3.8, 4) is 0 Å². The van der Waals surface area contributed by atoms with Crippen molar-refractivity contribution in [2.75, 3.05) is 25.1 Å². The van der Waals surface area contributed by atoms with Crippen LogP contribution in [0.4, 0.5) is 11.4 Å². The van der Waals surface area contributed by atoms with Crippen molar-refractivity contribution in [3.05, 3.63) is 34.3 Å². The molecule has 0 bridgehead atoms. The number of nitrogens with one attached hydrogen (secondary N) is 1. The first-order chi connectivity index (χ1) is 9.82. The summed E-state index contributed by atoms with van der Waals surface area (Å²) in [5.74, 6) is 0. The van der Waals surface area contributed by atoms with E-state index in [-0.39, 0.29) is 10.6 Å². The van der Waals surface area contributed by atoms with Gasteiger partial charge in [-0.25, -0.2) is 17.7 Å². The molecule has 0 aliphatic carbocycles. The molecule has 0 aliphatic rings. The van der Waals surface area contributed by atoms with Crippen LogP contribution >= 0.6 is 11.3 Å². The second-order valence-corrected chi connectivity index (χ2v) is 8.16. The average Bonchev–Trinajstić information content (AvgIpc) is 2.83. The molecule has 1 aromatic heterocycles. The summed E-state index contributed by atoms with van der Waals surface area (Å²) in [5.41, 5.74) is 6.80. The van der Waals surface area contributed by atoms with Gasteiger partial charge in [-0.3, -0.25) is 0 Å². The molecule has 114 valence electrons. The summed E-state index contributed by atoms with van der Waals surface area (Å²) in [5, 5.41) is 4.06. The first kappa shape index (κ1) is 15.7. The lowest BCUT2D eigenvalue weighted by molar-refractivity contribution is 0.521. The molecule has 0 saturated heterocycles. The lowest BCUT2D eigenvalue weighted by atomic mass is 10.2. The Morgan fingerprint density at radius 1 is 1.38 bits per heavy atom. The highest BCUT2D eigenvalue weighted by molar-refractivity contribution is 7.89. The maximum absolute atomic E-state index is 12.2. The number of para-hydroxylation sites is 1. The SMILES string of the molecule is Cc1cnc(CNc2cccc(S(=O)(=O)N(C)C)c2N)s1. The van der Waals surface area contributed by atoms with Crippen molar-refractivity contribution in [1.82, 2.24) is 9.29 Å². The molecular weight excluding hydrogens is 308 g/mol. The zero-order valence-corrected chi connectivity index (χ0v) is 13.8. The summed E-state index contributed by atoms with van der Waals surface area (Å²) < 4.78 is 25.5. The Hall–Kier alpha value is -1.64. The highest BCUT2D eigenvalue weighted by Crippen LogP contribution is 2.28. The standard InChI is InChI=1S/C13H18N4O2S2/c1-9-7-16-12(20-9)8-15-10-5-4-6-11(13(10)14)21(18,19)17(2)3/h4-7,15H,8,14H2,1-3H3. The van der Waals surface area contributed by atoms with Crippen molar-refractivity contribution in [1.29, 1.82) is 0 Å². The van der Waals surface area contributed by atoms with Crippen LogP contribution in [-0.2, 0) is 16.6 Å². The molecule has 0 aliphatic heterocycles. The summed E-state index contributed by atoms with van der Waals surface area (Å²) >= 11 is 1.59. The van der Waals surface area contributed by atoms with Gasteiger partial charge in [0, 0.05) is 25.2 Å². The number of rotatable bonds is 5. The summed E-state index contributed by atoms with van der Waals surface area (Å²) in [4.78, 5) is 5.48. The number of nitrogen functional groups attached to an aromatic ring is 1. The smallest absolute Gasteiger partial charge is 0.244 e. The van der Waals surface area contributed by atoms with Gasteiger partial charge in [0.05, 0.1) is 17.9 Å². The molecule has 1 aromatic carbocycles. The van der Waals surface area contributed by atoms with Crippen molar-refractivity contribution >= 4 is 32.7 Å². The van der Waals surface area contributed by atoms with Gasteiger partial charge in [0.15, 0.2) is 0 Å². The van der Waals surface area contributed by atoms with Gasteiger partial charge in [0.25, 0.3) is 0 Å². The molecule has 2 aromatic rings. The Bertz CT molecular complexity index is 738. The van der Waals surface area contributed by atoms with Gasteiger partial charge in [-0.2, -0.15) is 0 Å². The number of thiazole rings is 1. The second-order valence-electron chi connectivity index (χ2n) is 4.72. The maximum atomic E-state index is 12.2. The first-order valence-corrected chi connectivity index (χ1v) is 8.54. The average molecular weight is 326 g/mol. The highest BCUT2D eigenvalue weighted by Gasteiger charge is 2.21. The molecule has 1 heterocycles. The summed E-state index contributed by atoms with van der Waals surface area (Å²) in [6.45, 7) is 2.49. The Morgan fingerprint density at radius 3 is 2.67 bits per heavy atom. The van der Waals surface area contributed by atoms with Gasteiger partial charge < -0.3 is 11.1 Å². The fourth-order valence-electron chi connectivity index (χ4n) is 1.77. The predicted molar refractivity (Wildman–Crippen MR) is 85.9 cm³/mol. The Balaban J connectivity index is 2.26. The fourth-order valence-corrected chi connectivity index (χ4v) is 3.53. The number of anilines is 2. The van der Waals surface area contributed by atoms with E-state index in [0.717, 1.165) is 14.2 Å². The van der Waals surface area contributed by atoms with E-state index in [2.05, 4.69) is 10.3 Å². The topological polar surface area (TPSA) is 88.3 Å². The Kier molecular flexibility index (Phi) is 4.50. The van der Waals surface area contributed by atoms with Gasteiger partial charge >= 0.3 is 0 Å². The molecule has 6 nitrogen and oxygen atoms in total. The van der Waals surface area contributed by atoms with Crippen LogP contribution in [-0.4, -0.2) is 31.8 Å². The van der Waals surface area contributed by atoms with E-state index in [4.69, 9.17) is 5.73 Å². The van der Waals surface area contributed by atoms with Crippen molar-refractivity contribution in [2.24, 2.45) is 0 Å². The molecular formula is C13H18N4O2S2. The third kappa shape index (κ3) is 3.34. The van der Waals surface area contributed by atoms with Crippen LogP contribution < -0.4 is 11.1 Å². The number of aryl methyl sites for hydroxylation is 1. The zero-order valence-electron chi connectivity index (χ0n) is 12.1. The fraction of sp³-hybridized carbons (Fsp3) is 0.308. The molecule has 0 spiro atoms. The molecule has 0 fully saturated rings. The van der Waals surface area contributed by atoms with E-state index in [9.17, 15) is 8.42 Å². The summed E-state index contributed by atoms with van der Waals surface area (Å²) in [6, 6.07) is 4.93. The van der Waals surface area contributed by atoms with Crippen molar-refractivity contribution < 1.29 is 8.42 Å². The van der Waals surface area contributed by atoms with Crippen molar-refractivity contribution in [3.63, 3.8) is 0 Å². The molecule has 8 heteroatoms. The van der Waals surface area contributed by atoms with Gasteiger partial charge in [-0.05, 0) is 19.1 Å². The molecule has 0 radical (unpaired) electrons. The molecule has 3 N–H and O–H groups in total. The van der Waals surface area contributed by atoms with E-state index >= 15 is 0 Å². The minimum absolute atomic E-state index is 0.104. The van der Waals surface area contributed by atoms with E-state index in [0.29, 0.717) is 12.2 Å². The lowest BCUT2D eigenvalue weighted by Gasteiger charge is -2.16. The molecule has 0 atom stereocenters. The number of sulfonamides is 1. The van der Waals surface area contributed by atoms with Crippen LogP contribution in [0.25, 0.3) is 0 Å². The van der Waals surface area contributed by atoms with Gasteiger partial charge in [0.2, 0.25) is 10.0 Å². The third-order valence-corrected chi connectivity index (χ3v) is 5.71. The number of hydrogen-bond donors (Lipinski definition) is 2. The Morgan fingerprint density at radius 2 is 2.10 bits per heavy atom. The third-order valence-electron chi connectivity index (χ3n) is 2.92. The van der Waals surface area contributed by atoms with Crippen LogP contribution in [0.3, 0.4) is 0 Å². The van der Waals surface area contributed by atoms with Gasteiger partial charge in [0.1, 0.15) is 9.90 Å². The number of hydrogen-bond acceptors (Lipinski definition) is 6. The Labute approximate surface area is 128 Å². The van der Waals surface area contributed by atoms with Gasteiger partial charge in [-0.15, -0.1) is 11.3 Å². The minimum atomic E-state index is -3.55. The lowest BCUT2D eigenvalue weighted by Crippen LogP contribution is -2.23. The molecule has 0 amide bonds. The molecule has 0 saturated carbocycles. The number of benzene rings is 1. The maximum Gasteiger partial charge on any atom is 0.244 e. The zero-order chi connectivity index (χ0) is 15.6.